The van der Waals surface area contributed by atoms with Crippen LogP contribution in [-0.2, 0) is 4.79 Å². The molecule has 1 heterocycles. The van der Waals surface area contributed by atoms with Gasteiger partial charge >= 0.3 is 0 Å². The molecule has 2 amide bonds. The average Bonchev–Trinajstić information content (AvgIpc) is 2.87. The lowest BCUT2D eigenvalue weighted by atomic mass is 10.1. The van der Waals surface area contributed by atoms with E-state index in [0.29, 0.717) is 29.6 Å². The molecule has 1 fully saturated rings. The number of carbonyl (C=O) groups is 2. The van der Waals surface area contributed by atoms with Gasteiger partial charge in [-0.25, -0.2) is 0 Å². The number of nitrogens with zero attached hydrogens (tertiary/aromatic N) is 1. The van der Waals surface area contributed by atoms with Gasteiger partial charge in [0.05, 0.1) is 11.5 Å². The normalized spacial score (nSPS) is 17.1. The maximum absolute atomic E-state index is 12.5. The summed E-state index contributed by atoms with van der Waals surface area (Å²) in [4.78, 5) is 26.3. The van der Waals surface area contributed by atoms with E-state index in [4.69, 9.17) is 9.47 Å². The molecule has 5 nitrogen and oxygen atoms in total. The van der Waals surface area contributed by atoms with Crippen molar-refractivity contribution < 1.29 is 19.1 Å². The van der Waals surface area contributed by atoms with Gasteiger partial charge in [0.1, 0.15) is 6.61 Å². The number of benzene rings is 1. The van der Waals surface area contributed by atoms with Crippen LogP contribution >= 0.6 is 11.8 Å². The van der Waals surface area contributed by atoms with E-state index in [-0.39, 0.29) is 17.2 Å². The largest absolute Gasteiger partial charge is 0.490 e. The van der Waals surface area contributed by atoms with E-state index in [9.17, 15) is 9.59 Å². The smallest absolute Gasteiger partial charge is 0.293 e. The van der Waals surface area contributed by atoms with Gasteiger partial charge in [0.2, 0.25) is 0 Å². The third-order valence-corrected chi connectivity index (χ3v) is 4.66. The summed E-state index contributed by atoms with van der Waals surface area (Å²) in [5.41, 5.74) is 0.782. The van der Waals surface area contributed by atoms with Crippen molar-refractivity contribution in [3.05, 3.63) is 41.3 Å². The molecule has 1 aromatic rings. The molecule has 0 bridgehead atoms. The number of hydrogen-bond donors (Lipinski definition) is 0. The van der Waals surface area contributed by atoms with Crippen LogP contribution in [0.5, 0.6) is 11.5 Å². The number of hydrogen-bond acceptors (Lipinski definition) is 5. The van der Waals surface area contributed by atoms with E-state index < -0.39 is 0 Å². The summed E-state index contributed by atoms with van der Waals surface area (Å²) >= 11 is 0.971. The molecule has 0 saturated carbocycles. The predicted octanol–water partition coefficient (Wildman–Crippen LogP) is 4.48. The lowest BCUT2D eigenvalue weighted by Crippen LogP contribution is -2.36. The molecule has 25 heavy (non-hydrogen) atoms. The van der Waals surface area contributed by atoms with Gasteiger partial charge in [0.15, 0.2) is 11.5 Å². The molecule has 0 unspecified atom stereocenters. The van der Waals surface area contributed by atoms with Crippen molar-refractivity contribution in [1.29, 1.82) is 0 Å². The number of rotatable bonds is 8. The Morgan fingerprint density at radius 2 is 2.00 bits per heavy atom. The monoisotopic (exact) mass is 361 g/mol. The van der Waals surface area contributed by atoms with Crippen LogP contribution in [0.15, 0.2) is 35.8 Å². The molecule has 6 heteroatoms. The molecule has 1 saturated heterocycles. The Balaban J connectivity index is 2.28. The van der Waals surface area contributed by atoms with Gasteiger partial charge in [-0.3, -0.25) is 14.5 Å². The van der Waals surface area contributed by atoms with Gasteiger partial charge in [-0.05, 0) is 55.8 Å². The number of carbonyl (C=O) groups excluding carboxylic acids is 2. The first-order valence-electron chi connectivity index (χ1n) is 8.29. The van der Waals surface area contributed by atoms with Crippen LogP contribution < -0.4 is 9.47 Å². The molecule has 2 rings (SSSR count). The van der Waals surface area contributed by atoms with Crippen molar-refractivity contribution in [3.63, 3.8) is 0 Å². The fourth-order valence-electron chi connectivity index (χ4n) is 2.34. The van der Waals surface area contributed by atoms with Crippen LogP contribution in [0.25, 0.3) is 6.08 Å². The second-order valence-electron chi connectivity index (χ2n) is 5.55. The molecule has 134 valence electrons. The zero-order valence-corrected chi connectivity index (χ0v) is 15.6. The number of amides is 2. The minimum Gasteiger partial charge on any atom is -0.490 e. The van der Waals surface area contributed by atoms with E-state index in [1.165, 1.54) is 4.90 Å². The average molecular weight is 361 g/mol. The second-order valence-corrected chi connectivity index (χ2v) is 6.54. The summed E-state index contributed by atoms with van der Waals surface area (Å²) in [5, 5.41) is -0.221. The Bertz CT molecular complexity index is 699. The van der Waals surface area contributed by atoms with Crippen molar-refractivity contribution in [1.82, 2.24) is 4.90 Å². The fourth-order valence-corrected chi connectivity index (χ4v) is 3.27. The molecular weight excluding hydrogens is 338 g/mol. The third-order valence-electron chi connectivity index (χ3n) is 3.78. The molecule has 1 atom stereocenters. The van der Waals surface area contributed by atoms with E-state index >= 15 is 0 Å². The van der Waals surface area contributed by atoms with Crippen LogP contribution in [0.4, 0.5) is 4.79 Å². The molecule has 0 N–H and O–H groups in total. The topological polar surface area (TPSA) is 55.8 Å². The van der Waals surface area contributed by atoms with Crippen molar-refractivity contribution in [2.45, 2.75) is 33.2 Å². The first-order valence-corrected chi connectivity index (χ1v) is 9.11. The summed E-state index contributed by atoms with van der Waals surface area (Å²) in [6.07, 6.45) is 4.11. The van der Waals surface area contributed by atoms with Gasteiger partial charge in [0.25, 0.3) is 11.1 Å². The molecule has 0 aromatic heterocycles. The highest BCUT2D eigenvalue weighted by molar-refractivity contribution is 8.18. The second kappa shape index (κ2) is 8.76. The van der Waals surface area contributed by atoms with E-state index in [0.717, 1.165) is 23.7 Å². The highest BCUT2D eigenvalue weighted by Gasteiger charge is 2.37. The first kappa shape index (κ1) is 19.1. The van der Waals surface area contributed by atoms with Crippen molar-refractivity contribution >= 4 is 29.0 Å². The van der Waals surface area contributed by atoms with Gasteiger partial charge in [0, 0.05) is 6.04 Å². The minimum atomic E-state index is -0.241. The minimum absolute atomic E-state index is 0.105. The van der Waals surface area contributed by atoms with Crippen molar-refractivity contribution in [3.8, 4) is 11.5 Å². The summed E-state index contributed by atoms with van der Waals surface area (Å²) in [6.45, 7) is 10.2. The van der Waals surface area contributed by atoms with Gasteiger partial charge in [-0.1, -0.05) is 25.6 Å². The van der Waals surface area contributed by atoms with Crippen molar-refractivity contribution in [2.75, 3.05) is 13.2 Å². The van der Waals surface area contributed by atoms with Crippen LogP contribution in [0.1, 0.15) is 32.8 Å². The summed E-state index contributed by atoms with van der Waals surface area (Å²) in [5.74, 6) is 0.972. The summed E-state index contributed by atoms with van der Waals surface area (Å²) in [6, 6.07) is 5.32. The van der Waals surface area contributed by atoms with Crippen LogP contribution in [0, 0.1) is 0 Å². The Morgan fingerprint density at radius 1 is 1.24 bits per heavy atom. The Morgan fingerprint density at radius 3 is 2.64 bits per heavy atom. The van der Waals surface area contributed by atoms with Gasteiger partial charge in [-0.15, -0.1) is 0 Å². The lowest BCUT2D eigenvalue weighted by molar-refractivity contribution is -0.124. The maximum atomic E-state index is 12.5. The molecule has 1 aliphatic heterocycles. The van der Waals surface area contributed by atoms with Crippen LogP contribution in [-0.4, -0.2) is 35.3 Å². The van der Waals surface area contributed by atoms with Crippen molar-refractivity contribution in [2.24, 2.45) is 0 Å². The van der Waals surface area contributed by atoms with Crippen LogP contribution in [0.2, 0.25) is 0 Å². The molecule has 0 aliphatic carbocycles. The molecule has 1 aromatic carbocycles. The maximum Gasteiger partial charge on any atom is 0.293 e. The number of imide groups is 1. The first-order chi connectivity index (χ1) is 12.0. The fraction of sp³-hybridized carbons (Fsp3) is 0.368. The Hall–Kier alpha value is -2.21. The number of thioether (sulfide) groups is 1. The Kier molecular flexibility index (Phi) is 6.70. The molecular formula is C19H23NO4S. The quantitative estimate of drug-likeness (QED) is 0.504. The van der Waals surface area contributed by atoms with Gasteiger partial charge in [-0.2, -0.15) is 0 Å². The standard InChI is InChI=1S/C19H23NO4S/c1-5-10-24-15-9-8-14(11-16(15)23-7-3)12-17-18(21)20(13(4)6-2)19(22)25-17/h5,8-9,11-13H,1,6-7,10H2,2-4H3/b17-12+/t13-/m0/s1. The highest BCUT2D eigenvalue weighted by Crippen LogP contribution is 2.35. The SMILES string of the molecule is C=CCOc1ccc(/C=C2/SC(=O)N([C@@H](C)CC)C2=O)cc1OCC. The molecule has 1 aliphatic rings. The zero-order valence-electron chi connectivity index (χ0n) is 14.8. The van der Waals surface area contributed by atoms with E-state index in [1.807, 2.05) is 26.8 Å². The zero-order chi connectivity index (χ0) is 18.4. The highest BCUT2D eigenvalue weighted by atomic mass is 32.2. The summed E-state index contributed by atoms with van der Waals surface area (Å²) in [7, 11) is 0. The number of ether oxygens (including phenoxy) is 2. The molecule has 0 spiro atoms. The van der Waals surface area contributed by atoms with Gasteiger partial charge < -0.3 is 9.47 Å². The predicted molar refractivity (Wildman–Crippen MR) is 101 cm³/mol. The lowest BCUT2D eigenvalue weighted by Gasteiger charge is -2.19. The molecule has 0 radical (unpaired) electrons. The Labute approximate surface area is 152 Å². The van der Waals surface area contributed by atoms with E-state index in [2.05, 4.69) is 6.58 Å². The third kappa shape index (κ3) is 4.45. The van der Waals surface area contributed by atoms with Crippen LogP contribution in [0.3, 0.4) is 0 Å². The van der Waals surface area contributed by atoms with E-state index in [1.54, 1.807) is 24.3 Å². The summed E-state index contributed by atoms with van der Waals surface area (Å²) < 4.78 is 11.2.